The second kappa shape index (κ2) is 6.33. The molecule has 2 rings (SSSR count). The Morgan fingerprint density at radius 3 is 2.29 bits per heavy atom. The maximum absolute atomic E-state index is 11.8. The Morgan fingerprint density at radius 1 is 1.05 bits per heavy atom. The van der Waals surface area contributed by atoms with Gasteiger partial charge in [-0.3, -0.25) is 4.89 Å². The van der Waals surface area contributed by atoms with Gasteiger partial charge in [-0.1, -0.05) is 62.9 Å². The van der Waals surface area contributed by atoms with Crippen LogP contribution in [0.4, 0.5) is 0 Å². The lowest BCUT2D eigenvalue weighted by atomic mass is 9.86. The zero-order valence-corrected chi connectivity index (χ0v) is 13.1. The van der Waals surface area contributed by atoms with Crippen molar-refractivity contribution in [3.8, 4) is 0 Å². The molecule has 4 heteroatoms. The first-order chi connectivity index (χ1) is 9.93. The van der Waals surface area contributed by atoms with E-state index in [-0.39, 0.29) is 5.41 Å². The molecule has 0 saturated carbocycles. The molecule has 0 aromatic heterocycles. The summed E-state index contributed by atoms with van der Waals surface area (Å²) < 4.78 is 0. The molecule has 0 spiro atoms. The van der Waals surface area contributed by atoms with E-state index in [0.29, 0.717) is 5.56 Å². The van der Waals surface area contributed by atoms with Crippen LogP contribution < -0.4 is 0 Å². The molecule has 21 heavy (non-hydrogen) atoms. The lowest BCUT2D eigenvalue weighted by Crippen LogP contribution is -2.15. The Balaban J connectivity index is 2.56. The molecule has 0 aliphatic carbocycles. The predicted octanol–water partition coefficient (Wildman–Crippen LogP) is 4.77. The van der Waals surface area contributed by atoms with Crippen molar-refractivity contribution in [2.75, 3.05) is 0 Å². The van der Waals surface area contributed by atoms with Gasteiger partial charge in [-0.2, -0.15) is 5.26 Å². The Kier molecular flexibility index (Phi) is 4.70. The highest BCUT2D eigenvalue weighted by molar-refractivity contribution is 7.99. The standard InChI is InChI=1S/C17H18O3S/c1-17(2,3)14-11-7-10-13(16(18)20-19)15(14)21-12-8-5-4-6-9-12/h4-11,19H,1-3H3. The van der Waals surface area contributed by atoms with E-state index in [2.05, 4.69) is 25.7 Å². The number of hydrogen-bond donors (Lipinski definition) is 1. The molecular weight excluding hydrogens is 284 g/mol. The van der Waals surface area contributed by atoms with Crippen LogP contribution in [0.1, 0.15) is 36.7 Å². The highest BCUT2D eigenvalue weighted by Gasteiger charge is 2.24. The van der Waals surface area contributed by atoms with Crippen LogP contribution in [0.5, 0.6) is 0 Å². The van der Waals surface area contributed by atoms with Gasteiger partial charge in [-0.25, -0.2) is 4.79 Å². The van der Waals surface area contributed by atoms with Crippen molar-refractivity contribution < 1.29 is 14.9 Å². The van der Waals surface area contributed by atoms with Crippen LogP contribution in [0.15, 0.2) is 58.3 Å². The van der Waals surface area contributed by atoms with Gasteiger partial charge in [-0.15, -0.1) is 0 Å². The van der Waals surface area contributed by atoms with Crippen molar-refractivity contribution in [1.82, 2.24) is 0 Å². The zero-order chi connectivity index (χ0) is 15.5. The molecule has 0 fully saturated rings. The molecule has 1 N–H and O–H groups in total. The first kappa shape index (κ1) is 15.6. The third-order valence-corrected chi connectivity index (χ3v) is 4.24. The van der Waals surface area contributed by atoms with Crippen molar-refractivity contribution in [3.05, 3.63) is 59.7 Å². The van der Waals surface area contributed by atoms with Gasteiger partial charge >= 0.3 is 5.97 Å². The lowest BCUT2D eigenvalue weighted by molar-refractivity contribution is -0.183. The SMILES string of the molecule is CC(C)(C)c1cccc(C(=O)OO)c1Sc1ccccc1. The van der Waals surface area contributed by atoms with Crippen molar-refractivity contribution >= 4 is 17.7 Å². The van der Waals surface area contributed by atoms with E-state index in [9.17, 15) is 4.79 Å². The van der Waals surface area contributed by atoms with Gasteiger partial charge in [0.25, 0.3) is 0 Å². The summed E-state index contributed by atoms with van der Waals surface area (Å²) >= 11 is 1.50. The molecule has 0 amide bonds. The molecule has 0 radical (unpaired) electrons. The van der Waals surface area contributed by atoms with Crippen LogP contribution >= 0.6 is 11.8 Å². The summed E-state index contributed by atoms with van der Waals surface area (Å²) in [4.78, 5) is 17.6. The van der Waals surface area contributed by atoms with E-state index in [1.165, 1.54) is 11.8 Å². The maximum Gasteiger partial charge on any atom is 0.373 e. The third kappa shape index (κ3) is 3.65. The van der Waals surface area contributed by atoms with Crippen LogP contribution in [0.25, 0.3) is 0 Å². The molecule has 0 saturated heterocycles. The van der Waals surface area contributed by atoms with Crippen molar-refractivity contribution in [1.29, 1.82) is 0 Å². The molecule has 110 valence electrons. The van der Waals surface area contributed by atoms with Crippen LogP contribution in [0.3, 0.4) is 0 Å². The van der Waals surface area contributed by atoms with E-state index in [0.717, 1.165) is 15.4 Å². The molecular formula is C17H18O3S. The fourth-order valence-electron chi connectivity index (χ4n) is 2.05. The van der Waals surface area contributed by atoms with Gasteiger partial charge in [-0.05, 0) is 29.2 Å². The van der Waals surface area contributed by atoms with E-state index in [1.54, 1.807) is 6.07 Å². The van der Waals surface area contributed by atoms with Crippen LogP contribution in [-0.2, 0) is 10.3 Å². The summed E-state index contributed by atoms with van der Waals surface area (Å²) in [7, 11) is 0. The maximum atomic E-state index is 11.8. The Hall–Kier alpha value is -1.78. The molecule has 0 aliphatic heterocycles. The van der Waals surface area contributed by atoms with Crippen molar-refractivity contribution in [3.63, 3.8) is 0 Å². The molecule has 2 aromatic carbocycles. The average Bonchev–Trinajstić information content (AvgIpc) is 2.46. The summed E-state index contributed by atoms with van der Waals surface area (Å²) in [5.41, 5.74) is 1.29. The largest absolute Gasteiger partial charge is 0.373 e. The Labute approximate surface area is 128 Å². The molecule has 3 nitrogen and oxygen atoms in total. The monoisotopic (exact) mass is 302 g/mol. The van der Waals surface area contributed by atoms with Gasteiger partial charge in [0.1, 0.15) is 0 Å². The summed E-state index contributed by atoms with van der Waals surface area (Å²) in [6.07, 6.45) is 0. The highest BCUT2D eigenvalue weighted by Crippen LogP contribution is 2.38. The number of rotatable bonds is 3. The van der Waals surface area contributed by atoms with Crippen LogP contribution in [0.2, 0.25) is 0 Å². The van der Waals surface area contributed by atoms with Gasteiger partial charge in [0.2, 0.25) is 0 Å². The highest BCUT2D eigenvalue weighted by atomic mass is 32.2. The summed E-state index contributed by atoms with van der Waals surface area (Å²) in [6.45, 7) is 6.27. The Bertz CT molecular complexity index is 630. The minimum absolute atomic E-state index is 0.122. The zero-order valence-electron chi connectivity index (χ0n) is 12.3. The van der Waals surface area contributed by atoms with Crippen molar-refractivity contribution in [2.45, 2.75) is 36.0 Å². The third-order valence-electron chi connectivity index (χ3n) is 3.09. The molecule has 0 unspecified atom stereocenters. The van der Waals surface area contributed by atoms with Gasteiger partial charge in [0.15, 0.2) is 0 Å². The molecule has 0 atom stereocenters. The van der Waals surface area contributed by atoms with Gasteiger partial charge < -0.3 is 0 Å². The smallest absolute Gasteiger partial charge is 0.295 e. The van der Waals surface area contributed by atoms with Gasteiger partial charge in [0, 0.05) is 9.79 Å². The summed E-state index contributed by atoms with van der Waals surface area (Å²) in [5, 5.41) is 8.71. The van der Waals surface area contributed by atoms with E-state index in [1.807, 2.05) is 42.5 Å². The average molecular weight is 302 g/mol. The number of benzene rings is 2. The topological polar surface area (TPSA) is 46.5 Å². The summed E-state index contributed by atoms with van der Waals surface area (Å²) in [6, 6.07) is 15.3. The second-order valence-corrected chi connectivity index (χ2v) is 6.81. The Morgan fingerprint density at radius 2 is 1.71 bits per heavy atom. The predicted molar refractivity (Wildman–Crippen MR) is 83.8 cm³/mol. The van der Waals surface area contributed by atoms with Crippen LogP contribution in [-0.4, -0.2) is 11.2 Å². The number of carbonyl (C=O) groups excluding carboxylic acids is 1. The first-order valence-corrected chi connectivity index (χ1v) is 7.47. The summed E-state index contributed by atoms with van der Waals surface area (Å²) in [5.74, 6) is -0.737. The molecule has 0 aliphatic rings. The fraction of sp³-hybridized carbons (Fsp3) is 0.235. The quantitative estimate of drug-likeness (QED) is 0.655. The van der Waals surface area contributed by atoms with E-state index < -0.39 is 5.97 Å². The molecule has 0 bridgehead atoms. The molecule has 0 heterocycles. The minimum atomic E-state index is -0.737. The fourth-order valence-corrected chi connectivity index (χ4v) is 3.33. The number of hydrogen-bond acceptors (Lipinski definition) is 4. The normalized spacial score (nSPS) is 11.2. The minimum Gasteiger partial charge on any atom is -0.295 e. The van der Waals surface area contributed by atoms with Crippen molar-refractivity contribution in [2.24, 2.45) is 0 Å². The first-order valence-electron chi connectivity index (χ1n) is 6.65. The van der Waals surface area contributed by atoms with E-state index in [4.69, 9.17) is 5.26 Å². The second-order valence-electron chi connectivity index (χ2n) is 5.73. The molecule has 2 aromatic rings. The van der Waals surface area contributed by atoms with Gasteiger partial charge in [0.05, 0.1) is 5.56 Å². The number of carbonyl (C=O) groups is 1. The van der Waals surface area contributed by atoms with E-state index >= 15 is 0 Å². The lowest BCUT2D eigenvalue weighted by Gasteiger charge is -2.24. The van der Waals surface area contributed by atoms with Crippen LogP contribution in [0, 0.1) is 0 Å².